The fourth-order valence-electron chi connectivity index (χ4n) is 3.48. The van der Waals surface area contributed by atoms with Crippen LogP contribution in [0.5, 0.6) is 11.5 Å². The van der Waals surface area contributed by atoms with Crippen LogP contribution in [0.3, 0.4) is 0 Å². The van der Waals surface area contributed by atoms with Gasteiger partial charge in [0, 0.05) is 28.7 Å². The predicted molar refractivity (Wildman–Crippen MR) is 130 cm³/mol. The Bertz CT molecular complexity index is 1250. The Labute approximate surface area is 199 Å². The van der Waals surface area contributed by atoms with Crippen molar-refractivity contribution >= 4 is 34.7 Å². The van der Waals surface area contributed by atoms with Crippen molar-refractivity contribution in [2.24, 2.45) is 0 Å². The lowest BCUT2D eigenvalue weighted by atomic mass is 10.2. The van der Waals surface area contributed by atoms with Crippen molar-refractivity contribution in [3.63, 3.8) is 0 Å². The number of fused-ring (bicyclic) bond motifs is 1. The molecule has 0 atom stereocenters. The zero-order valence-electron chi connectivity index (χ0n) is 18.0. The summed E-state index contributed by atoms with van der Waals surface area (Å²) >= 11 is 3.05. The first-order chi connectivity index (χ1) is 16.2. The molecule has 0 spiro atoms. The van der Waals surface area contributed by atoms with E-state index in [0.29, 0.717) is 42.0 Å². The molecular weight excluding hydrogens is 456 g/mol. The van der Waals surface area contributed by atoms with Gasteiger partial charge in [0.2, 0.25) is 5.91 Å². The molecule has 0 radical (unpaired) electrons. The van der Waals surface area contributed by atoms with Gasteiger partial charge in [-0.2, -0.15) is 0 Å². The molecule has 0 saturated carbocycles. The van der Waals surface area contributed by atoms with E-state index in [1.54, 1.807) is 17.4 Å². The van der Waals surface area contributed by atoms with Gasteiger partial charge in [-0.1, -0.05) is 35.5 Å². The molecule has 1 aliphatic heterocycles. The molecule has 168 valence electrons. The molecule has 0 bridgehead atoms. The second kappa shape index (κ2) is 9.68. The Hall–Kier alpha value is -3.30. The van der Waals surface area contributed by atoms with Crippen molar-refractivity contribution in [1.29, 1.82) is 0 Å². The van der Waals surface area contributed by atoms with E-state index in [9.17, 15) is 4.79 Å². The second-order valence-electron chi connectivity index (χ2n) is 7.52. The third-order valence-corrected chi connectivity index (χ3v) is 6.87. The van der Waals surface area contributed by atoms with Crippen molar-refractivity contribution < 1.29 is 14.3 Å². The van der Waals surface area contributed by atoms with Gasteiger partial charge in [0.15, 0.2) is 16.7 Å². The predicted octanol–water partition coefficient (Wildman–Crippen LogP) is 4.73. The number of nitrogens with one attached hydrogen (secondary N) is 1. The molecule has 9 heteroatoms. The fourth-order valence-corrected chi connectivity index (χ4v) is 4.95. The molecule has 1 amide bonds. The number of nitrogens with zero attached hydrogens (tertiary/aromatic N) is 3. The van der Waals surface area contributed by atoms with Gasteiger partial charge in [-0.05, 0) is 42.6 Å². The Balaban J connectivity index is 1.32. The summed E-state index contributed by atoms with van der Waals surface area (Å²) in [7, 11) is 0. The number of carbonyl (C=O) groups is 1. The van der Waals surface area contributed by atoms with Crippen molar-refractivity contribution in [1.82, 2.24) is 14.8 Å². The van der Waals surface area contributed by atoms with Crippen molar-refractivity contribution in [2.45, 2.75) is 18.5 Å². The third kappa shape index (κ3) is 5.04. The second-order valence-corrected chi connectivity index (χ2v) is 9.50. The van der Waals surface area contributed by atoms with Crippen LogP contribution in [0.15, 0.2) is 65.1 Å². The van der Waals surface area contributed by atoms with Crippen LogP contribution in [0.1, 0.15) is 16.3 Å². The lowest BCUT2D eigenvalue weighted by Crippen LogP contribution is -2.17. The van der Waals surface area contributed by atoms with Gasteiger partial charge in [0.05, 0.1) is 5.75 Å². The number of ether oxygens (including phenoxy) is 2. The standard InChI is InChI=1S/C24H22N4O3S2/c1-16-4-7-18(8-5-16)28-22(14-19-3-2-12-32-19)26-27-24(28)33-15-23(29)25-17-6-9-20-21(13-17)31-11-10-30-20/h2-9,12-13H,10-11,14-15H2,1H3,(H,25,29). The SMILES string of the molecule is Cc1ccc(-n2c(Cc3cccs3)nnc2SCC(=O)Nc2ccc3c(c2)OCCO3)cc1. The highest BCUT2D eigenvalue weighted by molar-refractivity contribution is 7.99. The fraction of sp³-hybridized carbons (Fsp3) is 0.208. The van der Waals surface area contributed by atoms with Gasteiger partial charge < -0.3 is 14.8 Å². The minimum Gasteiger partial charge on any atom is -0.486 e. The zero-order chi connectivity index (χ0) is 22.6. The van der Waals surface area contributed by atoms with Gasteiger partial charge in [0.1, 0.15) is 19.0 Å². The molecule has 1 N–H and O–H groups in total. The molecule has 4 aromatic rings. The van der Waals surface area contributed by atoms with Gasteiger partial charge in [0.25, 0.3) is 0 Å². The minimum absolute atomic E-state index is 0.130. The van der Waals surface area contributed by atoms with Crippen LogP contribution in [-0.4, -0.2) is 39.6 Å². The van der Waals surface area contributed by atoms with E-state index in [4.69, 9.17) is 9.47 Å². The number of hydrogen-bond acceptors (Lipinski definition) is 7. The summed E-state index contributed by atoms with van der Waals surface area (Å²) in [5.41, 5.74) is 2.83. The number of anilines is 1. The number of benzene rings is 2. The van der Waals surface area contributed by atoms with Crippen LogP contribution in [0.25, 0.3) is 5.69 Å². The van der Waals surface area contributed by atoms with Crippen molar-refractivity contribution in [3.8, 4) is 17.2 Å². The van der Waals surface area contributed by atoms with Crippen LogP contribution in [0.2, 0.25) is 0 Å². The van der Waals surface area contributed by atoms with E-state index >= 15 is 0 Å². The lowest BCUT2D eigenvalue weighted by Gasteiger charge is -2.19. The number of hydrogen-bond donors (Lipinski definition) is 1. The normalized spacial score (nSPS) is 12.5. The van der Waals surface area contributed by atoms with E-state index < -0.39 is 0 Å². The Morgan fingerprint density at radius 3 is 2.70 bits per heavy atom. The van der Waals surface area contributed by atoms with Gasteiger partial charge in [-0.15, -0.1) is 21.5 Å². The maximum atomic E-state index is 12.6. The van der Waals surface area contributed by atoms with Crippen LogP contribution in [0.4, 0.5) is 5.69 Å². The highest BCUT2D eigenvalue weighted by Crippen LogP contribution is 2.33. The average molecular weight is 479 g/mol. The first-order valence-corrected chi connectivity index (χ1v) is 12.4. The summed E-state index contributed by atoms with van der Waals surface area (Å²) in [5.74, 6) is 2.25. The van der Waals surface area contributed by atoms with Crippen LogP contribution >= 0.6 is 23.1 Å². The molecule has 0 aliphatic carbocycles. The molecular formula is C24H22N4O3S2. The minimum atomic E-state index is -0.130. The summed E-state index contributed by atoms with van der Waals surface area (Å²) in [6, 6.07) is 17.8. The molecule has 5 rings (SSSR count). The Morgan fingerprint density at radius 1 is 1.09 bits per heavy atom. The molecule has 1 aliphatic rings. The molecule has 2 aromatic heterocycles. The van der Waals surface area contributed by atoms with Gasteiger partial charge >= 0.3 is 0 Å². The highest BCUT2D eigenvalue weighted by Gasteiger charge is 2.18. The maximum Gasteiger partial charge on any atom is 0.234 e. The van der Waals surface area contributed by atoms with E-state index in [0.717, 1.165) is 11.5 Å². The number of carbonyl (C=O) groups excluding carboxylic acids is 1. The van der Waals surface area contributed by atoms with Crippen molar-refractivity contribution in [2.75, 3.05) is 24.3 Å². The number of thiophene rings is 1. The topological polar surface area (TPSA) is 78.3 Å². The molecule has 33 heavy (non-hydrogen) atoms. The molecule has 3 heterocycles. The van der Waals surface area contributed by atoms with Crippen molar-refractivity contribution in [3.05, 3.63) is 76.2 Å². The molecule has 7 nitrogen and oxygen atoms in total. The molecule has 2 aromatic carbocycles. The largest absolute Gasteiger partial charge is 0.486 e. The Morgan fingerprint density at radius 2 is 1.91 bits per heavy atom. The Kier molecular flexibility index (Phi) is 6.32. The van der Waals surface area contributed by atoms with Gasteiger partial charge in [-0.25, -0.2) is 0 Å². The zero-order valence-corrected chi connectivity index (χ0v) is 19.6. The van der Waals surface area contributed by atoms with Crippen LogP contribution in [-0.2, 0) is 11.2 Å². The number of amides is 1. The van der Waals surface area contributed by atoms with Crippen LogP contribution in [0, 0.1) is 6.92 Å². The first-order valence-electron chi connectivity index (χ1n) is 10.5. The first kappa shape index (κ1) is 21.5. The monoisotopic (exact) mass is 478 g/mol. The lowest BCUT2D eigenvalue weighted by molar-refractivity contribution is -0.113. The summed E-state index contributed by atoms with van der Waals surface area (Å²) in [4.78, 5) is 13.9. The number of aryl methyl sites for hydroxylation is 1. The molecule has 0 unspecified atom stereocenters. The van der Waals surface area contributed by atoms with E-state index in [1.807, 2.05) is 22.8 Å². The number of thioether (sulfide) groups is 1. The summed E-state index contributed by atoms with van der Waals surface area (Å²) in [6.45, 7) is 3.09. The summed E-state index contributed by atoms with van der Waals surface area (Å²) in [5, 5.41) is 14.5. The smallest absolute Gasteiger partial charge is 0.234 e. The highest BCUT2D eigenvalue weighted by atomic mass is 32.2. The summed E-state index contributed by atoms with van der Waals surface area (Å²) in [6.07, 6.45) is 0.683. The molecule has 0 fully saturated rings. The van der Waals surface area contributed by atoms with Gasteiger partial charge in [-0.3, -0.25) is 9.36 Å². The number of aromatic nitrogens is 3. The van der Waals surface area contributed by atoms with E-state index in [1.165, 1.54) is 22.2 Å². The quantitative estimate of drug-likeness (QED) is 0.387. The average Bonchev–Trinajstić information content (AvgIpc) is 3.48. The van der Waals surface area contributed by atoms with E-state index in [-0.39, 0.29) is 11.7 Å². The number of rotatable bonds is 7. The van der Waals surface area contributed by atoms with E-state index in [2.05, 4.69) is 58.1 Å². The maximum absolute atomic E-state index is 12.6. The van der Waals surface area contributed by atoms with Crippen LogP contribution < -0.4 is 14.8 Å². The molecule has 0 saturated heterocycles. The third-order valence-electron chi connectivity index (χ3n) is 5.06. The summed E-state index contributed by atoms with van der Waals surface area (Å²) < 4.78 is 13.2.